The van der Waals surface area contributed by atoms with Crippen LogP contribution in [-0.2, 0) is 10.2 Å². The summed E-state index contributed by atoms with van der Waals surface area (Å²) in [5.74, 6) is 1.64. The maximum absolute atomic E-state index is 13.1. The molecule has 31 heavy (non-hydrogen) atoms. The minimum atomic E-state index is -0.701. The fraction of sp³-hybridized carbons (Fsp3) is 0.227. The van der Waals surface area contributed by atoms with Crippen molar-refractivity contribution in [2.75, 3.05) is 19.5 Å². The molecule has 1 amide bonds. The van der Waals surface area contributed by atoms with Gasteiger partial charge in [-0.15, -0.1) is 0 Å². The number of thiazole rings is 1. The van der Waals surface area contributed by atoms with Crippen LogP contribution in [0.1, 0.15) is 18.5 Å². The Hall–Kier alpha value is -3.10. The number of carbonyl (C=O) groups is 1. The molecule has 1 aliphatic rings. The number of amides is 1. The number of anilines is 1. The summed E-state index contributed by atoms with van der Waals surface area (Å²) in [6, 6.07) is 12.7. The zero-order valence-corrected chi connectivity index (χ0v) is 18.3. The summed E-state index contributed by atoms with van der Waals surface area (Å²) >= 11 is 7.43. The van der Waals surface area contributed by atoms with Gasteiger partial charge >= 0.3 is 0 Å². The number of hydrogen-bond acceptors (Lipinski definition) is 7. The SMILES string of the molecule is COc1ccc(-c2cc(C3(C(=O)Nc4nc5ccc(Cl)cc5s4)CC3)no2)cc1OC. The molecule has 0 saturated heterocycles. The molecule has 7 nitrogen and oxygen atoms in total. The second kappa shape index (κ2) is 7.55. The normalized spacial score (nSPS) is 14.4. The molecule has 1 fully saturated rings. The smallest absolute Gasteiger partial charge is 0.238 e. The van der Waals surface area contributed by atoms with Gasteiger partial charge in [-0.2, -0.15) is 0 Å². The average Bonchev–Trinajstić information content (AvgIpc) is 3.26. The number of aromatic nitrogens is 2. The third-order valence-corrected chi connectivity index (χ3v) is 6.59. The fourth-order valence-electron chi connectivity index (χ4n) is 3.52. The highest BCUT2D eigenvalue weighted by Crippen LogP contribution is 2.49. The van der Waals surface area contributed by atoms with Crippen molar-refractivity contribution in [3.05, 3.63) is 53.2 Å². The zero-order chi connectivity index (χ0) is 21.6. The van der Waals surface area contributed by atoms with Gasteiger partial charge in [-0.3, -0.25) is 4.79 Å². The van der Waals surface area contributed by atoms with Crippen LogP contribution in [0.15, 0.2) is 47.0 Å². The number of benzene rings is 2. The highest BCUT2D eigenvalue weighted by Gasteiger charge is 2.54. The summed E-state index contributed by atoms with van der Waals surface area (Å²) in [5.41, 5.74) is 1.50. The Morgan fingerprint density at radius 3 is 2.68 bits per heavy atom. The van der Waals surface area contributed by atoms with Crippen molar-refractivity contribution in [2.45, 2.75) is 18.3 Å². The maximum Gasteiger partial charge on any atom is 0.238 e. The van der Waals surface area contributed by atoms with E-state index in [0.29, 0.717) is 45.9 Å². The third kappa shape index (κ3) is 3.51. The average molecular weight is 456 g/mol. The van der Waals surface area contributed by atoms with Crippen molar-refractivity contribution in [3.63, 3.8) is 0 Å². The molecule has 4 aromatic rings. The summed E-state index contributed by atoms with van der Waals surface area (Å²) < 4.78 is 17.1. The van der Waals surface area contributed by atoms with Crippen LogP contribution >= 0.6 is 22.9 Å². The van der Waals surface area contributed by atoms with Gasteiger partial charge in [0.05, 0.1) is 35.5 Å². The van der Waals surface area contributed by atoms with Crippen molar-refractivity contribution in [2.24, 2.45) is 0 Å². The second-order valence-electron chi connectivity index (χ2n) is 7.31. The predicted molar refractivity (Wildman–Crippen MR) is 119 cm³/mol. The van der Waals surface area contributed by atoms with Gasteiger partial charge in [-0.1, -0.05) is 28.1 Å². The van der Waals surface area contributed by atoms with E-state index in [2.05, 4.69) is 15.5 Å². The largest absolute Gasteiger partial charge is 0.493 e. The molecule has 2 aromatic heterocycles. The van der Waals surface area contributed by atoms with Crippen LogP contribution in [0.3, 0.4) is 0 Å². The number of ether oxygens (including phenoxy) is 2. The third-order valence-electron chi connectivity index (χ3n) is 5.42. The summed E-state index contributed by atoms with van der Waals surface area (Å²) in [6.07, 6.45) is 1.40. The molecule has 5 rings (SSSR count). The standard InChI is InChI=1S/C22H18ClN3O4S/c1-28-15-6-3-12(9-17(15)29-2)16-11-19(26-30-16)22(7-8-22)20(27)25-21-24-14-5-4-13(23)10-18(14)31-21/h3-6,9-11H,7-8H2,1-2H3,(H,24,25,27). The van der Waals surface area contributed by atoms with Gasteiger partial charge in [0.15, 0.2) is 22.4 Å². The molecule has 1 N–H and O–H groups in total. The van der Waals surface area contributed by atoms with Crippen LogP contribution in [0.2, 0.25) is 5.02 Å². The van der Waals surface area contributed by atoms with E-state index < -0.39 is 5.41 Å². The highest BCUT2D eigenvalue weighted by atomic mass is 35.5. The molecule has 1 aliphatic carbocycles. The summed E-state index contributed by atoms with van der Waals surface area (Å²) in [6.45, 7) is 0. The summed E-state index contributed by atoms with van der Waals surface area (Å²) in [4.78, 5) is 17.6. The van der Waals surface area contributed by atoms with Crippen LogP contribution in [-0.4, -0.2) is 30.3 Å². The Labute approximate surface area is 186 Å². The van der Waals surface area contributed by atoms with Crippen molar-refractivity contribution in [3.8, 4) is 22.8 Å². The van der Waals surface area contributed by atoms with Crippen LogP contribution in [0.5, 0.6) is 11.5 Å². The number of fused-ring (bicyclic) bond motifs is 1. The number of hydrogen-bond donors (Lipinski definition) is 1. The summed E-state index contributed by atoms with van der Waals surface area (Å²) in [7, 11) is 3.16. The van der Waals surface area contributed by atoms with Gasteiger partial charge in [0.25, 0.3) is 0 Å². The van der Waals surface area contributed by atoms with Gasteiger partial charge in [0.2, 0.25) is 5.91 Å². The van der Waals surface area contributed by atoms with E-state index >= 15 is 0 Å². The number of nitrogens with one attached hydrogen (secondary N) is 1. The van der Waals surface area contributed by atoms with E-state index in [1.165, 1.54) is 11.3 Å². The Morgan fingerprint density at radius 2 is 1.94 bits per heavy atom. The topological polar surface area (TPSA) is 86.5 Å². The Kier molecular flexibility index (Phi) is 4.83. The predicted octanol–water partition coefficient (Wildman–Crippen LogP) is 5.29. The lowest BCUT2D eigenvalue weighted by Gasteiger charge is -2.10. The molecular weight excluding hydrogens is 438 g/mol. The molecule has 2 heterocycles. The van der Waals surface area contributed by atoms with Crippen LogP contribution in [0.25, 0.3) is 21.5 Å². The monoisotopic (exact) mass is 455 g/mol. The molecule has 2 aromatic carbocycles. The molecule has 9 heteroatoms. The molecule has 1 saturated carbocycles. The van der Waals surface area contributed by atoms with E-state index in [1.807, 2.05) is 30.3 Å². The van der Waals surface area contributed by atoms with Crippen LogP contribution < -0.4 is 14.8 Å². The van der Waals surface area contributed by atoms with Crippen LogP contribution in [0, 0.1) is 0 Å². The van der Waals surface area contributed by atoms with E-state index in [9.17, 15) is 4.79 Å². The maximum atomic E-state index is 13.1. The molecule has 0 atom stereocenters. The zero-order valence-electron chi connectivity index (χ0n) is 16.8. The highest BCUT2D eigenvalue weighted by molar-refractivity contribution is 7.22. The van der Waals surface area contributed by atoms with E-state index in [4.69, 9.17) is 25.6 Å². The van der Waals surface area contributed by atoms with Crippen molar-refractivity contribution in [1.82, 2.24) is 10.1 Å². The molecule has 0 aliphatic heterocycles. The number of halogens is 1. The molecule has 0 unspecified atom stereocenters. The number of methoxy groups -OCH3 is 2. The van der Waals surface area contributed by atoms with Crippen molar-refractivity contribution in [1.29, 1.82) is 0 Å². The van der Waals surface area contributed by atoms with Gasteiger partial charge in [-0.25, -0.2) is 4.98 Å². The first-order valence-electron chi connectivity index (χ1n) is 9.59. The number of rotatable bonds is 6. The number of carbonyl (C=O) groups excluding carboxylic acids is 1. The lowest BCUT2D eigenvalue weighted by molar-refractivity contribution is -0.118. The van der Waals surface area contributed by atoms with Gasteiger partial charge in [0.1, 0.15) is 0 Å². The van der Waals surface area contributed by atoms with Gasteiger partial charge in [0, 0.05) is 16.7 Å². The van der Waals surface area contributed by atoms with Crippen LogP contribution in [0.4, 0.5) is 5.13 Å². The molecule has 158 valence electrons. The van der Waals surface area contributed by atoms with E-state index in [1.54, 1.807) is 26.4 Å². The lowest BCUT2D eigenvalue weighted by atomic mass is 10.0. The van der Waals surface area contributed by atoms with Gasteiger partial charge < -0.3 is 19.3 Å². The second-order valence-corrected chi connectivity index (χ2v) is 8.78. The Bertz CT molecular complexity index is 1300. The van der Waals surface area contributed by atoms with Crippen molar-refractivity contribution >= 4 is 44.2 Å². The van der Waals surface area contributed by atoms with E-state index in [0.717, 1.165) is 15.8 Å². The molecule has 0 radical (unpaired) electrons. The number of nitrogens with zero attached hydrogens (tertiary/aromatic N) is 2. The Morgan fingerprint density at radius 1 is 1.13 bits per heavy atom. The minimum absolute atomic E-state index is 0.134. The first kappa shape index (κ1) is 19.8. The first-order valence-corrected chi connectivity index (χ1v) is 10.8. The molecular formula is C22H18ClN3O4S. The summed E-state index contributed by atoms with van der Waals surface area (Å²) in [5, 5.41) is 8.32. The van der Waals surface area contributed by atoms with E-state index in [-0.39, 0.29) is 5.91 Å². The minimum Gasteiger partial charge on any atom is -0.493 e. The fourth-order valence-corrected chi connectivity index (χ4v) is 4.66. The van der Waals surface area contributed by atoms with Gasteiger partial charge in [-0.05, 0) is 49.2 Å². The lowest BCUT2D eigenvalue weighted by Crippen LogP contribution is -2.28. The van der Waals surface area contributed by atoms with Crippen molar-refractivity contribution < 1.29 is 18.8 Å². The first-order chi connectivity index (χ1) is 15.0. The quantitative estimate of drug-likeness (QED) is 0.425. The molecule has 0 spiro atoms. The Balaban J connectivity index is 1.39. The molecule has 0 bridgehead atoms.